The highest BCUT2D eigenvalue weighted by atomic mass is 19.4. The molecule has 0 aliphatic carbocycles. The summed E-state index contributed by atoms with van der Waals surface area (Å²) in [5, 5.41) is 0. The van der Waals surface area contributed by atoms with Crippen molar-refractivity contribution < 1.29 is 57.5 Å². The fourth-order valence-corrected chi connectivity index (χ4v) is 1.90. The van der Waals surface area contributed by atoms with Crippen LogP contribution in [0, 0.1) is 0 Å². The van der Waals surface area contributed by atoms with E-state index in [1.54, 1.807) is 0 Å². The molecule has 0 aliphatic heterocycles. The Morgan fingerprint density at radius 3 is 1.61 bits per heavy atom. The van der Waals surface area contributed by atoms with Crippen molar-refractivity contribution in [2.24, 2.45) is 0 Å². The molecule has 158 valence electrons. The number of benzene rings is 1. The average Bonchev–Trinajstić information content (AvgIpc) is 2.58. The average molecular weight is 432 g/mol. The van der Waals surface area contributed by atoms with Crippen molar-refractivity contribution in [2.75, 3.05) is 0 Å². The van der Waals surface area contributed by atoms with Crippen LogP contribution in [0.3, 0.4) is 0 Å². The summed E-state index contributed by atoms with van der Waals surface area (Å²) in [7, 11) is 0. The van der Waals surface area contributed by atoms with E-state index >= 15 is 0 Å². The molecule has 0 fully saturated rings. The second-order valence-electron chi connectivity index (χ2n) is 5.41. The summed E-state index contributed by atoms with van der Waals surface area (Å²) in [4.78, 5) is 10.7. The molecule has 0 spiro atoms. The zero-order valence-corrected chi connectivity index (χ0v) is 13.1. The van der Waals surface area contributed by atoms with Gasteiger partial charge in [-0.15, -0.1) is 0 Å². The van der Waals surface area contributed by atoms with Crippen LogP contribution >= 0.6 is 0 Å². The van der Waals surface area contributed by atoms with E-state index in [-0.39, 0.29) is 5.56 Å². The first-order chi connectivity index (χ1) is 12.4. The van der Waals surface area contributed by atoms with E-state index in [0.717, 1.165) is 12.1 Å². The normalized spacial score (nSPS) is 15.3. The quantitative estimate of drug-likeness (QED) is 0.305. The molecule has 0 bridgehead atoms. The highest BCUT2D eigenvalue weighted by molar-refractivity contribution is 5.75. The SMILES string of the molecule is O=C/C(Cc1ccccc1)=C(\F)C(F)(F)C(F)(F)C(F)(F)C(F)(F)C(F)(F)F. The number of aldehydes is 1. The van der Waals surface area contributed by atoms with E-state index in [9.17, 15) is 57.5 Å². The van der Waals surface area contributed by atoms with Gasteiger partial charge in [-0.05, 0) is 5.56 Å². The molecule has 0 amide bonds. The van der Waals surface area contributed by atoms with Crippen molar-refractivity contribution in [3.05, 3.63) is 47.3 Å². The molecule has 13 heteroatoms. The highest BCUT2D eigenvalue weighted by Crippen LogP contribution is 2.59. The Morgan fingerprint density at radius 2 is 1.21 bits per heavy atom. The predicted octanol–water partition coefficient (Wildman–Crippen LogP) is 5.76. The van der Waals surface area contributed by atoms with Gasteiger partial charge in [0.2, 0.25) is 0 Å². The lowest BCUT2D eigenvalue weighted by molar-refractivity contribution is -0.419. The molecule has 0 saturated carbocycles. The topological polar surface area (TPSA) is 17.1 Å². The van der Waals surface area contributed by atoms with Crippen molar-refractivity contribution in [3.8, 4) is 0 Å². The molecule has 0 unspecified atom stereocenters. The van der Waals surface area contributed by atoms with Crippen molar-refractivity contribution >= 4 is 6.29 Å². The maximum absolute atomic E-state index is 13.8. The van der Waals surface area contributed by atoms with Crippen LogP contribution in [-0.2, 0) is 11.2 Å². The van der Waals surface area contributed by atoms with Crippen LogP contribution in [-0.4, -0.2) is 36.2 Å². The molecule has 1 rings (SSSR count). The molecule has 0 atom stereocenters. The lowest BCUT2D eigenvalue weighted by Crippen LogP contribution is -2.66. The Labute approximate surface area is 148 Å². The molecule has 28 heavy (non-hydrogen) atoms. The third kappa shape index (κ3) is 3.70. The number of carbonyl (C=O) groups excluding carboxylic acids is 1. The van der Waals surface area contributed by atoms with Gasteiger partial charge in [0.25, 0.3) is 0 Å². The molecular formula is C15H8F12O. The van der Waals surface area contributed by atoms with Crippen LogP contribution in [0.25, 0.3) is 0 Å². The minimum atomic E-state index is -7.75. The minimum Gasteiger partial charge on any atom is -0.298 e. The zero-order valence-electron chi connectivity index (χ0n) is 13.1. The summed E-state index contributed by atoms with van der Waals surface area (Å²) in [5.41, 5.74) is -1.99. The van der Waals surface area contributed by atoms with Crippen LogP contribution in [0.1, 0.15) is 5.56 Å². The summed E-state index contributed by atoms with van der Waals surface area (Å²) in [5.74, 6) is -33.4. The highest BCUT2D eigenvalue weighted by Gasteiger charge is 2.88. The van der Waals surface area contributed by atoms with E-state index in [2.05, 4.69) is 0 Å². The van der Waals surface area contributed by atoms with Gasteiger partial charge in [-0.25, -0.2) is 4.39 Å². The lowest BCUT2D eigenvalue weighted by atomic mass is 9.94. The van der Waals surface area contributed by atoms with Crippen molar-refractivity contribution in [1.82, 2.24) is 0 Å². The Bertz CT molecular complexity index is 733. The third-order valence-corrected chi connectivity index (χ3v) is 3.48. The molecule has 0 heterocycles. The van der Waals surface area contributed by atoms with Gasteiger partial charge in [0, 0.05) is 12.0 Å². The molecule has 1 aromatic rings. The van der Waals surface area contributed by atoms with E-state index in [1.807, 2.05) is 0 Å². The molecular weight excluding hydrogens is 424 g/mol. The third-order valence-electron chi connectivity index (χ3n) is 3.48. The predicted molar refractivity (Wildman–Crippen MR) is 70.2 cm³/mol. The van der Waals surface area contributed by atoms with Gasteiger partial charge in [-0.3, -0.25) is 4.79 Å². The Kier molecular flexibility index (Phi) is 6.23. The van der Waals surface area contributed by atoms with E-state index in [0.29, 0.717) is 0 Å². The second kappa shape index (κ2) is 7.32. The van der Waals surface area contributed by atoms with Crippen molar-refractivity contribution in [3.63, 3.8) is 0 Å². The van der Waals surface area contributed by atoms with Gasteiger partial charge in [-0.1, -0.05) is 30.3 Å². The molecule has 1 aromatic carbocycles. The maximum atomic E-state index is 13.8. The minimum absolute atomic E-state index is 0.147. The van der Waals surface area contributed by atoms with Crippen molar-refractivity contribution in [1.29, 1.82) is 0 Å². The lowest BCUT2D eigenvalue weighted by Gasteiger charge is -2.36. The van der Waals surface area contributed by atoms with Crippen LogP contribution < -0.4 is 0 Å². The Balaban J connectivity index is 3.50. The number of halogens is 12. The molecule has 0 radical (unpaired) electrons. The van der Waals surface area contributed by atoms with Gasteiger partial charge in [0.15, 0.2) is 5.83 Å². The fourth-order valence-electron chi connectivity index (χ4n) is 1.90. The fraction of sp³-hybridized carbons (Fsp3) is 0.400. The van der Waals surface area contributed by atoms with Crippen LogP contribution in [0.5, 0.6) is 0 Å². The number of rotatable bonds is 7. The largest absolute Gasteiger partial charge is 0.460 e. The summed E-state index contributed by atoms with van der Waals surface area (Å²) >= 11 is 0. The summed E-state index contributed by atoms with van der Waals surface area (Å²) in [6.45, 7) is 0. The molecule has 0 aromatic heterocycles. The van der Waals surface area contributed by atoms with E-state index in [1.165, 1.54) is 18.2 Å². The van der Waals surface area contributed by atoms with Gasteiger partial charge >= 0.3 is 29.9 Å². The number of hydrogen-bond donors (Lipinski definition) is 0. The number of alkyl halides is 11. The molecule has 0 aliphatic rings. The van der Waals surface area contributed by atoms with E-state index < -0.39 is 54.0 Å². The summed E-state index contributed by atoms with van der Waals surface area (Å²) < 4.78 is 156. The first-order valence-electron chi connectivity index (χ1n) is 6.91. The van der Waals surface area contributed by atoms with Crippen molar-refractivity contribution in [2.45, 2.75) is 36.3 Å². The van der Waals surface area contributed by atoms with Gasteiger partial charge in [0.1, 0.15) is 6.29 Å². The molecule has 0 N–H and O–H groups in total. The number of allylic oxidation sites excluding steroid dienone is 2. The first-order valence-corrected chi connectivity index (χ1v) is 6.91. The Hall–Kier alpha value is -2.21. The molecule has 0 saturated heterocycles. The number of hydrogen-bond acceptors (Lipinski definition) is 1. The monoisotopic (exact) mass is 432 g/mol. The van der Waals surface area contributed by atoms with Crippen LogP contribution in [0.15, 0.2) is 41.7 Å². The first kappa shape index (κ1) is 23.8. The smallest absolute Gasteiger partial charge is 0.298 e. The summed E-state index contributed by atoms with van der Waals surface area (Å²) in [6, 6.07) is 6.01. The Morgan fingerprint density at radius 1 is 0.750 bits per heavy atom. The van der Waals surface area contributed by atoms with Gasteiger partial charge in [0.05, 0.1) is 0 Å². The van der Waals surface area contributed by atoms with Crippen LogP contribution in [0.4, 0.5) is 52.7 Å². The maximum Gasteiger partial charge on any atom is 0.460 e. The van der Waals surface area contributed by atoms with E-state index in [4.69, 9.17) is 0 Å². The molecule has 1 nitrogen and oxygen atoms in total. The summed E-state index contributed by atoms with van der Waals surface area (Å²) in [6.07, 6.45) is -9.27. The standard InChI is InChI=1S/C15H8F12O/c16-10(9(7-28)6-8-4-2-1-3-5-8)11(17,18)12(19,20)13(21,22)14(23,24)15(25,26)27/h1-5,7H,6H2/b10-9-. The zero-order chi connectivity index (χ0) is 22.2. The number of carbonyl (C=O) groups is 1. The second-order valence-corrected chi connectivity index (χ2v) is 5.41. The van der Waals surface area contributed by atoms with Gasteiger partial charge in [-0.2, -0.15) is 48.3 Å². The van der Waals surface area contributed by atoms with Crippen LogP contribution in [0.2, 0.25) is 0 Å². The van der Waals surface area contributed by atoms with Gasteiger partial charge < -0.3 is 0 Å².